The summed E-state index contributed by atoms with van der Waals surface area (Å²) in [6.45, 7) is 6.25. The van der Waals surface area contributed by atoms with Crippen LogP contribution in [0.3, 0.4) is 0 Å². The van der Waals surface area contributed by atoms with E-state index in [0.717, 1.165) is 28.7 Å². The summed E-state index contributed by atoms with van der Waals surface area (Å²) in [5.74, 6) is 0. The van der Waals surface area contributed by atoms with Crippen molar-refractivity contribution in [3.63, 3.8) is 0 Å². The third-order valence-corrected chi connectivity index (χ3v) is 3.46. The minimum absolute atomic E-state index is 0.0635. The van der Waals surface area contributed by atoms with Gasteiger partial charge in [-0.3, -0.25) is 0 Å². The number of aliphatic hydroxyl groups is 1. The highest BCUT2D eigenvalue weighted by atomic mass is 16.3. The van der Waals surface area contributed by atoms with Crippen LogP contribution in [0.2, 0.25) is 0 Å². The van der Waals surface area contributed by atoms with Gasteiger partial charge in [0, 0.05) is 0 Å². The first kappa shape index (κ1) is 14.3. The Morgan fingerprint density at radius 3 is 2.05 bits per heavy atom. The maximum Gasteiger partial charge on any atom is 0.0645 e. The molecule has 1 nitrogen and oxygen atoms in total. The molecule has 0 saturated heterocycles. The van der Waals surface area contributed by atoms with Crippen molar-refractivity contribution in [1.82, 2.24) is 0 Å². The van der Waals surface area contributed by atoms with Gasteiger partial charge in [-0.15, -0.1) is 0 Å². The molecule has 0 atom stereocenters. The summed E-state index contributed by atoms with van der Waals surface area (Å²) < 4.78 is 0. The van der Waals surface area contributed by atoms with E-state index in [1.807, 2.05) is 43.3 Å². The van der Waals surface area contributed by atoms with E-state index in [-0.39, 0.29) is 6.61 Å². The molecule has 0 saturated carbocycles. The van der Waals surface area contributed by atoms with Crippen LogP contribution < -0.4 is 0 Å². The number of rotatable bonds is 5. The van der Waals surface area contributed by atoms with Crippen molar-refractivity contribution < 1.29 is 5.11 Å². The molecule has 0 aromatic heterocycles. The highest BCUT2D eigenvalue weighted by Crippen LogP contribution is 2.27. The molecule has 0 heterocycles. The summed E-state index contributed by atoms with van der Waals surface area (Å²) >= 11 is 0. The summed E-state index contributed by atoms with van der Waals surface area (Å²) in [5, 5.41) is 9.48. The van der Waals surface area contributed by atoms with E-state index in [1.165, 1.54) is 5.56 Å². The van der Waals surface area contributed by atoms with Crippen LogP contribution in [0.4, 0.5) is 0 Å². The van der Waals surface area contributed by atoms with Crippen LogP contribution in [0.1, 0.15) is 18.1 Å². The second-order valence-corrected chi connectivity index (χ2v) is 4.92. The summed E-state index contributed by atoms with van der Waals surface area (Å²) in [6.07, 6.45) is 0.793. The van der Waals surface area contributed by atoms with Crippen LogP contribution in [0.15, 0.2) is 78.4 Å². The predicted octanol–water partition coefficient (Wildman–Crippen LogP) is 4.25. The smallest absolute Gasteiger partial charge is 0.0645 e. The maximum atomic E-state index is 9.48. The average Bonchev–Trinajstić information content (AvgIpc) is 2.53. The molecule has 2 rings (SSSR count). The molecule has 0 spiro atoms. The van der Waals surface area contributed by atoms with Gasteiger partial charge in [0.2, 0.25) is 0 Å². The van der Waals surface area contributed by atoms with Crippen molar-refractivity contribution in [2.24, 2.45) is 0 Å². The summed E-state index contributed by atoms with van der Waals surface area (Å²) in [6, 6.07) is 20.4. The fourth-order valence-corrected chi connectivity index (χ4v) is 2.22. The normalized spacial score (nSPS) is 11.9. The molecule has 0 aliphatic rings. The van der Waals surface area contributed by atoms with Crippen LogP contribution in [0.25, 0.3) is 5.57 Å². The number of aliphatic hydroxyl groups excluding tert-OH is 1. The van der Waals surface area contributed by atoms with Crippen LogP contribution in [0.5, 0.6) is 0 Å². The molecule has 2 aromatic rings. The minimum Gasteiger partial charge on any atom is -0.392 e. The summed E-state index contributed by atoms with van der Waals surface area (Å²) in [5.41, 5.74) is 5.41. The first-order valence-corrected chi connectivity index (χ1v) is 6.80. The molecule has 1 heteroatoms. The van der Waals surface area contributed by atoms with Gasteiger partial charge in [-0.2, -0.15) is 0 Å². The zero-order valence-electron chi connectivity index (χ0n) is 11.8. The average molecular weight is 264 g/mol. The number of allylic oxidation sites excluding steroid dienone is 2. The fraction of sp³-hybridized carbons (Fsp3) is 0.158. The SMILES string of the molecule is C=C(/C(Cc1ccccc1)=C(\C)CO)c1ccccc1. The van der Waals surface area contributed by atoms with Crippen LogP contribution in [0, 0.1) is 0 Å². The van der Waals surface area contributed by atoms with E-state index in [9.17, 15) is 5.11 Å². The van der Waals surface area contributed by atoms with Gasteiger partial charge < -0.3 is 5.11 Å². The lowest BCUT2D eigenvalue weighted by atomic mass is 9.91. The zero-order valence-corrected chi connectivity index (χ0v) is 11.8. The van der Waals surface area contributed by atoms with E-state index < -0.39 is 0 Å². The van der Waals surface area contributed by atoms with Gasteiger partial charge in [-0.05, 0) is 41.2 Å². The van der Waals surface area contributed by atoms with E-state index in [0.29, 0.717) is 0 Å². The van der Waals surface area contributed by atoms with Gasteiger partial charge in [-0.25, -0.2) is 0 Å². The molecule has 0 aliphatic carbocycles. The van der Waals surface area contributed by atoms with E-state index in [2.05, 4.69) is 30.8 Å². The van der Waals surface area contributed by atoms with Crippen LogP contribution in [-0.4, -0.2) is 11.7 Å². The number of hydrogen-bond acceptors (Lipinski definition) is 1. The minimum atomic E-state index is 0.0635. The Hall–Kier alpha value is -2.12. The molecule has 102 valence electrons. The second-order valence-electron chi connectivity index (χ2n) is 4.92. The van der Waals surface area contributed by atoms with Gasteiger partial charge >= 0.3 is 0 Å². The Morgan fingerprint density at radius 1 is 0.950 bits per heavy atom. The monoisotopic (exact) mass is 264 g/mol. The first-order valence-electron chi connectivity index (χ1n) is 6.80. The van der Waals surface area contributed by atoms with Crippen LogP contribution >= 0.6 is 0 Å². The van der Waals surface area contributed by atoms with Gasteiger partial charge in [0.15, 0.2) is 0 Å². The standard InChI is InChI=1S/C19H20O/c1-15(14-20)19(13-17-9-5-3-6-10-17)16(2)18-11-7-4-8-12-18/h3-12,20H,2,13-14H2,1H3/b19-15+. The molecular weight excluding hydrogens is 244 g/mol. The lowest BCUT2D eigenvalue weighted by Crippen LogP contribution is -2.00. The van der Waals surface area contributed by atoms with Crippen molar-refractivity contribution in [3.8, 4) is 0 Å². The maximum absolute atomic E-state index is 9.48. The molecular formula is C19H20O. The lowest BCUT2D eigenvalue weighted by Gasteiger charge is -2.15. The van der Waals surface area contributed by atoms with Crippen molar-refractivity contribution in [2.45, 2.75) is 13.3 Å². The zero-order chi connectivity index (χ0) is 14.4. The largest absolute Gasteiger partial charge is 0.392 e. The van der Waals surface area contributed by atoms with Crippen molar-refractivity contribution >= 4 is 5.57 Å². The highest BCUT2D eigenvalue weighted by molar-refractivity contribution is 5.78. The quantitative estimate of drug-likeness (QED) is 0.800. The molecule has 0 bridgehead atoms. The number of benzene rings is 2. The van der Waals surface area contributed by atoms with Gasteiger partial charge in [-0.1, -0.05) is 67.2 Å². The Morgan fingerprint density at radius 2 is 1.50 bits per heavy atom. The third kappa shape index (κ3) is 3.46. The predicted molar refractivity (Wildman–Crippen MR) is 85.4 cm³/mol. The molecule has 2 aromatic carbocycles. The van der Waals surface area contributed by atoms with E-state index in [1.54, 1.807) is 0 Å². The summed E-state index contributed by atoms with van der Waals surface area (Å²) in [7, 11) is 0. The van der Waals surface area contributed by atoms with Crippen molar-refractivity contribution in [3.05, 3.63) is 89.5 Å². The lowest BCUT2D eigenvalue weighted by molar-refractivity contribution is 0.330. The molecule has 0 amide bonds. The van der Waals surface area contributed by atoms with Gasteiger partial charge in [0.25, 0.3) is 0 Å². The molecule has 1 N–H and O–H groups in total. The molecule has 0 aliphatic heterocycles. The van der Waals surface area contributed by atoms with Crippen molar-refractivity contribution in [2.75, 3.05) is 6.61 Å². The Balaban J connectivity index is 2.33. The third-order valence-electron chi connectivity index (χ3n) is 3.46. The summed E-state index contributed by atoms with van der Waals surface area (Å²) in [4.78, 5) is 0. The highest BCUT2D eigenvalue weighted by Gasteiger charge is 2.09. The van der Waals surface area contributed by atoms with E-state index in [4.69, 9.17) is 0 Å². The Bertz CT molecular complexity index is 594. The molecule has 0 unspecified atom stereocenters. The van der Waals surface area contributed by atoms with Gasteiger partial charge in [0.1, 0.15) is 0 Å². The first-order chi connectivity index (χ1) is 9.72. The van der Waals surface area contributed by atoms with Crippen LogP contribution in [-0.2, 0) is 6.42 Å². The molecule has 0 radical (unpaired) electrons. The Labute approximate surface area is 120 Å². The Kier molecular flexibility index (Phi) is 4.91. The number of hydrogen-bond donors (Lipinski definition) is 1. The van der Waals surface area contributed by atoms with E-state index >= 15 is 0 Å². The second kappa shape index (κ2) is 6.88. The fourth-order valence-electron chi connectivity index (χ4n) is 2.22. The molecule has 20 heavy (non-hydrogen) atoms. The van der Waals surface area contributed by atoms with Crippen molar-refractivity contribution in [1.29, 1.82) is 0 Å². The topological polar surface area (TPSA) is 20.2 Å². The van der Waals surface area contributed by atoms with Gasteiger partial charge in [0.05, 0.1) is 6.61 Å². The molecule has 0 fully saturated rings.